The van der Waals surface area contributed by atoms with Crippen LogP contribution >= 0.6 is 11.6 Å². The lowest BCUT2D eigenvalue weighted by atomic mass is 10.1. The summed E-state index contributed by atoms with van der Waals surface area (Å²) < 4.78 is 10.6. The number of aromatic nitrogens is 2. The quantitative estimate of drug-likeness (QED) is 0.816. The van der Waals surface area contributed by atoms with Gasteiger partial charge in [-0.3, -0.25) is 5.10 Å². The van der Waals surface area contributed by atoms with E-state index in [0.717, 1.165) is 41.4 Å². The van der Waals surface area contributed by atoms with Gasteiger partial charge in [0.05, 0.1) is 20.8 Å². The Morgan fingerprint density at radius 2 is 1.88 bits per heavy atom. The summed E-state index contributed by atoms with van der Waals surface area (Å²) in [5.41, 5.74) is 2.20. The van der Waals surface area contributed by atoms with Gasteiger partial charge in [-0.15, -0.1) is 0 Å². The lowest BCUT2D eigenvalue weighted by Crippen LogP contribution is -2.21. The van der Waals surface area contributed by atoms with Crippen molar-refractivity contribution < 1.29 is 9.47 Å². The van der Waals surface area contributed by atoms with Gasteiger partial charge in [0.1, 0.15) is 16.7 Å². The summed E-state index contributed by atoms with van der Waals surface area (Å²) in [6, 6.07) is 7.93. The number of benzene rings is 1. The molecule has 6 nitrogen and oxygen atoms in total. The molecule has 1 aromatic carbocycles. The number of nitrogens with zero attached hydrogens (tertiary/aromatic N) is 3. The van der Waals surface area contributed by atoms with Crippen LogP contribution in [0.25, 0.3) is 0 Å². The fourth-order valence-electron chi connectivity index (χ4n) is 2.50. The standard InChI is InChI=1S/C17H19ClN4O2/c1-23-14-7-12(8-15(10-14)24-2)3-4-13-9-17(21-20-13)22-6-5-19-16(18)11-22/h5,7-11H,3-4,6H2,1-2H3,(H,20,21). The van der Waals surface area contributed by atoms with Crippen molar-refractivity contribution in [1.29, 1.82) is 0 Å². The lowest BCUT2D eigenvalue weighted by Gasteiger charge is -2.17. The SMILES string of the molecule is COc1cc(CCc2cc(N3C=C(Cl)N=CC3)n[nH]2)cc(OC)c1. The molecule has 0 unspecified atom stereocenters. The molecular weight excluding hydrogens is 328 g/mol. The first-order valence-electron chi connectivity index (χ1n) is 7.60. The summed E-state index contributed by atoms with van der Waals surface area (Å²) in [6.45, 7) is 0.660. The number of aryl methyl sites for hydroxylation is 2. The monoisotopic (exact) mass is 346 g/mol. The summed E-state index contributed by atoms with van der Waals surface area (Å²) >= 11 is 5.93. The molecule has 2 heterocycles. The van der Waals surface area contributed by atoms with Crippen LogP contribution in [0.1, 0.15) is 11.3 Å². The number of anilines is 1. The molecule has 0 aliphatic carbocycles. The maximum Gasteiger partial charge on any atom is 0.155 e. The molecule has 2 aromatic rings. The lowest BCUT2D eigenvalue weighted by molar-refractivity contribution is 0.393. The van der Waals surface area contributed by atoms with Crippen LogP contribution in [0.4, 0.5) is 5.82 Å². The molecular formula is C17H19ClN4O2. The molecule has 0 atom stereocenters. The van der Waals surface area contributed by atoms with Crippen molar-refractivity contribution >= 4 is 23.6 Å². The molecule has 0 fully saturated rings. The molecule has 1 aliphatic heterocycles. The molecule has 0 bridgehead atoms. The van der Waals surface area contributed by atoms with E-state index in [-0.39, 0.29) is 0 Å². The number of methoxy groups -OCH3 is 2. The van der Waals surface area contributed by atoms with E-state index in [4.69, 9.17) is 21.1 Å². The topological polar surface area (TPSA) is 62.7 Å². The molecule has 1 N–H and O–H groups in total. The summed E-state index contributed by atoms with van der Waals surface area (Å²) in [7, 11) is 3.31. The van der Waals surface area contributed by atoms with Crippen LogP contribution in [0.2, 0.25) is 0 Å². The first kappa shape index (κ1) is 16.4. The number of H-pyrrole nitrogens is 1. The van der Waals surface area contributed by atoms with Crippen LogP contribution in [0.3, 0.4) is 0 Å². The predicted molar refractivity (Wildman–Crippen MR) is 95.3 cm³/mol. The van der Waals surface area contributed by atoms with Gasteiger partial charge in [-0.1, -0.05) is 11.6 Å². The number of halogens is 1. The number of ether oxygens (including phenoxy) is 2. The van der Waals surface area contributed by atoms with Crippen molar-refractivity contribution in [3.63, 3.8) is 0 Å². The van der Waals surface area contributed by atoms with Gasteiger partial charge in [0.25, 0.3) is 0 Å². The number of nitrogens with one attached hydrogen (secondary N) is 1. The van der Waals surface area contributed by atoms with Gasteiger partial charge in [0.15, 0.2) is 5.82 Å². The van der Waals surface area contributed by atoms with Crippen LogP contribution < -0.4 is 14.4 Å². The number of hydrogen-bond donors (Lipinski definition) is 1. The fourth-order valence-corrected chi connectivity index (χ4v) is 2.69. The number of rotatable bonds is 6. The van der Waals surface area contributed by atoms with Crippen molar-refractivity contribution in [3.8, 4) is 11.5 Å². The summed E-state index contributed by atoms with van der Waals surface area (Å²) in [6.07, 6.45) is 5.23. The number of aliphatic imine (C=N–C) groups is 1. The molecule has 0 radical (unpaired) electrons. The first-order chi connectivity index (χ1) is 11.7. The Balaban J connectivity index is 1.66. The largest absolute Gasteiger partial charge is 0.497 e. The Kier molecular flexibility index (Phi) is 5.05. The van der Waals surface area contributed by atoms with E-state index in [0.29, 0.717) is 11.7 Å². The van der Waals surface area contributed by atoms with E-state index < -0.39 is 0 Å². The fraction of sp³-hybridized carbons (Fsp3) is 0.294. The molecule has 7 heteroatoms. The summed E-state index contributed by atoms with van der Waals surface area (Å²) in [5, 5.41) is 7.87. The Morgan fingerprint density at radius 1 is 1.12 bits per heavy atom. The Bertz CT molecular complexity index is 747. The first-order valence-corrected chi connectivity index (χ1v) is 7.98. The van der Waals surface area contributed by atoms with Crippen LogP contribution in [-0.4, -0.2) is 37.2 Å². The normalized spacial score (nSPS) is 13.8. The molecule has 24 heavy (non-hydrogen) atoms. The number of hydrogen-bond acceptors (Lipinski definition) is 5. The highest BCUT2D eigenvalue weighted by atomic mass is 35.5. The van der Waals surface area contributed by atoms with Gasteiger partial charge in [-0.05, 0) is 30.5 Å². The van der Waals surface area contributed by atoms with Crippen LogP contribution in [0.5, 0.6) is 11.5 Å². The predicted octanol–water partition coefficient (Wildman–Crippen LogP) is 3.14. The Morgan fingerprint density at radius 3 is 2.54 bits per heavy atom. The molecule has 0 amide bonds. The third-order valence-electron chi connectivity index (χ3n) is 3.76. The minimum absolute atomic E-state index is 0.453. The van der Waals surface area contributed by atoms with Gasteiger partial charge >= 0.3 is 0 Å². The minimum Gasteiger partial charge on any atom is -0.497 e. The van der Waals surface area contributed by atoms with E-state index in [1.54, 1.807) is 26.6 Å². The van der Waals surface area contributed by atoms with E-state index in [1.807, 2.05) is 29.2 Å². The summed E-state index contributed by atoms with van der Waals surface area (Å²) in [5.74, 6) is 2.42. The van der Waals surface area contributed by atoms with E-state index in [2.05, 4.69) is 15.2 Å². The maximum absolute atomic E-state index is 5.93. The smallest absolute Gasteiger partial charge is 0.155 e. The second-order valence-corrected chi connectivity index (χ2v) is 5.78. The molecule has 1 aromatic heterocycles. The Labute approximate surface area is 145 Å². The van der Waals surface area contributed by atoms with Crippen LogP contribution in [0, 0.1) is 0 Å². The Hall–Kier alpha value is -2.47. The van der Waals surface area contributed by atoms with Gasteiger partial charge in [0.2, 0.25) is 0 Å². The second-order valence-electron chi connectivity index (χ2n) is 5.39. The minimum atomic E-state index is 0.453. The zero-order valence-corrected chi connectivity index (χ0v) is 14.4. The van der Waals surface area contributed by atoms with Gasteiger partial charge in [0, 0.05) is 30.2 Å². The average molecular weight is 347 g/mol. The van der Waals surface area contributed by atoms with Crippen LogP contribution in [0.15, 0.2) is 40.6 Å². The molecule has 0 saturated carbocycles. The average Bonchev–Trinajstić information content (AvgIpc) is 3.08. The molecule has 126 valence electrons. The van der Waals surface area contributed by atoms with E-state index in [9.17, 15) is 0 Å². The molecule has 0 saturated heterocycles. The second kappa shape index (κ2) is 7.40. The number of aromatic amines is 1. The summed E-state index contributed by atoms with van der Waals surface area (Å²) in [4.78, 5) is 5.97. The highest BCUT2D eigenvalue weighted by Gasteiger charge is 2.11. The van der Waals surface area contributed by atoms with Crippen molar-refractivity contribution in [2.24, 2.45) is 4.99 Å². The zero-order chi connectivity index (χ0) is 16.9. The van der Waals surface area contributed by atoms with Crippen molar-refractivity contribution in [2.75, 3.05) is 25.7 Å². The van der Waals surface area contributed by atoms with Gasteiger partial charge in [-0.25, -0.2) is 4.99 Å². The zero-order valence-electron chi connectivity index (χ0n) is 13.6. The molecule has 3 rings (SSSR count). The highest BCUT2D eigenvalue weighted by molar-refractivity contribution is 6.30. The van der Waals surface area contributed by atoms with Crippen molar-refractivity contribution in [2.45, 2.75) is 12.8 Å². The highest BCUT2D eigenvalue weighted by Crippen LogP contribution is 2.24. The van der Waals surface area contributed by atoms with Crippen LogP contribution in [-0.2, 0) is 12.8 Å². The van der Waals surface area contributed by atoms with Gasteiger partial charge < -0.3 is 14.4 Å². The third-order valence-corrected chi connectivity index (χ3v) is 3.96. The van der Waals surface area contributed by atoms with Crippen molar-refractivity contribution in [3.05, 3.63) is 46.9 Å². The van der Waals surface area contributed by atoms with Gasteiger partial charge in [-0.2, -0.15) is 5.10 Å². The van der Waals surface area contributed by atoms with Crippen molar-refractivity contribution in [1.82, 2.24) is 10.2 Å². The molecule has 1 aliphatic rings. The maximum atomic E-state index is 5.93. The van der Waals surface area contributed by atoms with E-state index in [1.165, 1.54) is 0 Å². The van der Waals surface area contributed by atoms with E-state index >= 15 is 0 Å². The third kappa shape index (κ3) is 3.89. The molecule has 0 spiro atoms.